The molecule has 0 bridgehead atoms. The monoisotopic (exact) mass is 378 g/mol. The summed E-state index contributed by atoms with van der Waals surface area (Å²) in [6.45, 7) is 4.55. The first-order valence-electron chi connectivity index (χ1n) is 10.3. The predicted octanol–water partition coefficient (Wildman–Crippen LogP) is 2.69. The third kappa shape index (κ3) is 2.66. The fourth-order valence-electron chi connectivity index (χ4n) is 6.22. The average molecular weight is 379 g/mol. The van der Waals surface area contributed by atoms with E-state index in [0.29, 0.717) is 19.4 Å². The molecule has 3 unspecified atom stereocenters. The molecule has 1 aliphatic carbocycles. The van der Waals surface area contributed by atoms with Crippen molar-refractivity contribution in [3.63, 3.8) is 0 Å². The van der Waals surface area contributed by atoms with Crippen LogP contribution in [0.1, 0.15) is 79.1 Å². The van der Waals surface area contributed by atoms with Gasteiger partial charge in [0.25, 0.3) is 0 Å². The van der Waals surface area contributed by atoms with E-state index in [4.69, 9.17) is 4.74 Å². The molecule has 0 aromatic heterocycles. The van der Waals surface area contributed by atoms with E-state index in [2.05, 4.69) is 0 Å². The Hall–Kier alpha value is -1.43. The number of carbonyl (C=O) groups excluding carboxylic acids is 3. The lowest BCUT2D eigenvalue weighted by Crippen LogP contribution is -2.66. The number of nitrogens with zero attached hydrogens (tertiary/aromatic N) is 2. The second kappa shape index (κ2) is 7.19. The summed E-state index contributed by atoms with van der Waals surface area (Å²) in [4.78, 5) is 44.0. The number of hydrogen-bond acceptors (Lipinski definition) is 5. The number of carbonyl (C=O) groups is 3. The summed E-state index contributed by atoms with van der Waals surface area (Å²) in [7, 11) is 0. The Bertz CT molecular complexity index is 628. The van der Waals surface area contributed by atoms with Gasteiger partial charge >= 0.3 is 5.97 Å². The van der Waals surface area contributed by atoms with Crippen LogP contribution in [0.3, 0.4) is 0 Å². The molecule has 6 heteroatoms. The first kappa shape index (κ1) is 20.3. The highest BCUT2D eigenvalue weighted by atomic mass is 16.5. The summed E-state index contributed by atoms with van der Waals surface area (Å²) >= 11 is 0. The first-order valence-corrected chi connectivity index (χ1v) is 10.3. The molecule has 4 fully saturated rings. The molecule has 0 aromatic rings. The van der Waals surface area contributed by atoms with Crippen molar-refractivity contribution in [2.75, 3.05) is 13.2 Å². The fourth-order valence-corrected chi connectivity index (χ4v) is 6.22. The van der Waals surface area contributed by atoms with Crippen molar-refractivity contribution in [2.45, 2.75) is 102 Å². The summed E-state index contributed by atoms with van der Waals surface area (Å²) in [5, 5.41) is 0. The third-order valence-electron chi connectivity index (χ3n) is 7.26. The lowest BCUT2D eigenvalue weighted by atomic mass is 9.79. The van der Waals surface area contributed by atoms with E-state index in [9.17, 15) is 14.4 Å². The van der Waals surface area contributed by atoms with Crippen LogP contribution in [0.15, 0.2) is 0 Å². The largest absolute Gasteiger partial charge is 0.464 e. The van der Waals surface area contributed by atoms with Gasteiger partial charge in [-0.05, 0) is 52.4 Å². The number of Topliss-reactive ketones (excluding diaryl/α,β-unsaturated/α-hetero) is 1. The highest BCUT2D eigenvalue weighted by Crippen LogP contribution is 2.53. The number of amides is 1. The van der Waals surface area contributed by atoms with E-state index >= 15 is 0 Å². The lowest BCUT2D eigenvalue weighted by molar-refractivity contribution is -0.166. The van der Waals surface area contributed by atoms with Crippen molar-refractivity contribution in [2.24, 2.45) is 0 Å². The van der Waals surface area contributed by atoms with Gasteiger partial charge in [-0.15, -0.1) is 0 Å². The summed E-state index contributed by atoms with van der Waals surface area (Å²) in [5.74, 6) is -0.506. The second-order valence-electron chi connectivity index (χ2n) is 8.47. The zero-order valence-corrected chi connectivity index (χ0v) is 16.0. The SMILES string of the molecule is C.CCOC(=O)C12CCC3(CCCCC3)N1C(C)C(=O)N1CCCC1C2=O. The smallest absolute Gasteiger partial charge is 0.334 e. The zero-order chi connectivity index (χ0) is 18.5. The maximum atomic E-state index is 13.7. The Labute approximate surface area is 162 Å². The Morgan fingerprint density at radius 1 is 1.11 bits per heavy atom. The van der Waals surface area contributed by atoms with Crippen LogP contribution in [0.4, 0.5) is 0 Å². The number of hydrogen-bond donors (Lipinski definition) is 0. The van der Waals surface area contributed by atoms with Crippen molar-refractivity contribution < 1.29 is 19.1 Å². The quantitative estimate of drug-likeness (QED) is 0.546. The Morgan fingerprint density at radius 3 is 2.48 bits per heavy atom. The minimum atomic E-state index is -1.27. The number of esters is 1. The predicted molar refractivity (Wildman–Crippen MR) is 102 cm³/mol. The van der Waals surface area contributed by atoms with E-state index in [1.165, 1.54) is 6.42 Å². The van der Waals surface area contributed by atoms with Gasteiger partial charge < -0.3 is 9.64 Å². The molecule has 6 nitrogen and oxygen atoms in total. The highest BCUT2D eigenvalue weighted by Gasteiger charge is 2.68. The van der Waals surface area contributed by atoms with Crippen molar-refractivity contribution in [3.8, 4) is 0 Å². The molecule has 4 aliphatic rings. The van der Waals surface area contributed by atoms with Gasteiger partial charge in [-0.1, -0.05) is 26.7 Å². The van der Waals surface area contributed by atoms with Crippen LogP contribution in [0.2, 0.25) is 0 Å². The zero-order valence-electron chi connectivity index (χ0n) is 16.0. The Morgan fingerprint density at radius 2 is 1.81 bits per heavy atom. The molecule has 1 amide bonds. The van der Waals surface area contributed by atoms with Crippen LogP contribution >= 0.6 is 0 Å². The molecule has 152 valence electrons. The first-order chi connectivity index (χ1) is 12.5. The van der Waals surface area contributed by atoms with Crippen LogP contribution in [-0.2, 0) is 19.1 Å². The number of ketones is 1. The topological polar surface area (TPSA) is 66.9 Å². The van der Waals surface area contributed by atoms with Crippen LogP contribution in [-0.4, -0.2) is 63.8 Å². The van der Waals surface area contributed by atoms with Crippen LogP contribution in [0, 0.1) is 0 Å². The van der Waals surface area contributed by atoms with Gasteiger partial charge in [-0.25, -0.2) is 4.79 Å². The van der Waals surface area contributed by atoms with Gasteiger partial charge in [-0.2, -0.15) is 0 Å². The lowest BCUT2D eigenvalue weighted by Gasteiger charge is -2.48. The highest BCUT2D eigenvalue weighted by molar-refractivity contribution is 6.13. The molecular formula is C21H34N2O4. The van der Waals surface area contributed by atoms with Gasteiger partial charge in [0.15, 0.2) is 11.3 Å². The van der Waals surface area contributed by atoms with Crippen molar-refractivity contribution >= 4 is 17.7 Å². The van der Waals surface area contributed by atoms with E-state index in [1.807, 2.05) is 11.8 Å². The van der Waals surface area contributed by atoms with Crippen molar-refractivity contribution in [3.05, 3.63) is 0 Å². The van der Waals surface area contributed by atoms with Crippen LogP contribution in [0.5, 0.6) is 0 Å². The molecule has 1 spiro atoms. The average Bonchev–Trinajstić information content (AvgIpc) is 3.23. The Balaban J connectivity index is 0.00000210. The molecule has 3 heterocycles. The van der Waals surface area contributed by atoms with Crippen LogP contribution < -0.4 is 0 Å². The number of fused-ring (bicyclic) bond motifs is 3. The molecule has 27 heavy (non-hydrogen) atoms. The fraction of sp³-hybridized carbons (Fsp3) is 0.857. The second-order valence-corrected chi connectivity index (χ2v) is 8.47. The van der Waals surface area contributed by atoms with E-state index in [0.717, 1.165) is 38.5 Å². The normalized spacial score (nSPS) is 35.4. The molecular weight excluding hydrogens is 344 g/mol. The molecule has 0 radical (unpaired) electrons. The van der Waals surface area contributed by atoms with E-state index in [-0.39, 0.29) is 31.3 Å². The van der Waals surface area contributed by atoms with Gasteiger partial charge in [0.2, 0.25) is 5.91 Å². The molecule has 3 atom stereocenters. The van der Waals surface area contributed by atoms with E-state index < -0.39 is 23.6 Å². The summed E-state index contributed by atoms with van der Waals surface area (Å²) < 4.78 is 5.45. The summed E-state index contributed by atoms with van der Waals surface area (Å²) in [6.07, 6.45) is 8.10. The standard InChI is InChI=1S/C20H30N2O4.CH4/c1-3-26-18(25)20-12-11-19(9-5-4-6-10-19)22(20)14(2)17(24)21-13-7-8-15(21)16(20)23;/h14-15H,3-13H2,1-2H3;1H4. The molecule has 3 aliphatic heterocycles. The maximum absolute atomic E-state index is 13.7. The summed E-state index contributed by atoms with van der Waals surface area (Å²) in [5.41, 5.74) is -1.48. The minimum Gasteiger partial charge on any atom is -0.464 e. The number of ether oxygens (including phenoxy) is 1. The van der Waals surface area contributed by atoms with Gasteiger partial charge in [-0.3, -0.25) is 14.5 Å². The molecule has 0 N–H and O–H groups in total. The number of rotatable bonds is 2. The van der Waals surface area contributed by atoms with Crippen molar-refractivity contribution in [1.29, 1.82) is 0 Å². The molecule has 0 aromatic carbocycles. The van der Waals surface area contributed by atoms with Gasteiger partial charge in [0.05, 0.1) is 18.7 Å². The van der Waals surface area contributed by atoms with Crippen LogP contribution in [0.25, 0.3) is 0 Å². The third-order valence-corrected chi connectivity index (χ3v) is 7.26. The van der Waals surface area contributed by atoms with Gasteiger partial charge in [0.1, 0.15) is 0 Å². The molecule has 4 rings (SSSR count). The summed E-state index contributed by atoms with van der Waals surface area (Å²) in [6, 6.07) is -0.912. The van der Waals surface area contributed by atoms with E-state index in [1.54, 1.807) is 11.8 Å². The Kier molecular flexibility index (Phi) is 5.41. The van der Waals surface area contributed by atoms with Gasteiger partial charge in [0, 0.05) is 12.1 Å². The van der Waals surface area contributed by atoms with Crippen molar-refractivity contribution in [1.82, 2.24) is 9.80 Å². The maximum Gasteiger partial charge on any atom is 0.334 e. The minimum absolute atomic E-state index is 0. The molecule has 1 saturated carbocycles. The molecule has 3 saturated heterocycles.